The van der Waals surface area contributed by atoms with Gasteiger partial charge in [-0.2, -0.15) is 0 Å². The van der Waals surface area contributed by atoms with Crippen LogP contribution in [-0.4, -0.2) is 11.2 Å². The molecule has 1 N–H and O–H groups in total. The number of aliphatic hydroxyl groups is 1. The topological polar surface area (TPSA) is 20.2 Å². The van der Waals surface area contributed by atoms with Gasteiger partial charge in [0.15, 0.2) is 0 Å². The Morgan fingerprint density at radius 3 is 2.40 bits per heavy atom. The van der Waals surface area contributed by atoms with Crippen molar-refractivity contribution in [2.75, 3.05) is 0 Å². The molecule has 0 amide bonds. The first kappa shape index (κ1) is 9.44. The zero-order valence-corrected chi connectivity index (χ0v) is 6.80. The van der Waals surface area contributed by atoms with Gasteiger partial charge in [-0.1, -0.05) is 38.7 Å². The van der Waals surface area contributed by atoms with Crippen molar-refractivity contribution in [2.45, 2.75) is 26.4 Å². The number of hydrogen-bond donors (Lipinski definition) is 1. The minimum absolute atomic E-state index is 0.273. The van der Waals surface area contributed by atoms with E-state index in [0.717, 1.165) is 5.57 Å². The molecule has 0 aliphatic heterocycles. The van der Waals surface area contributed by atoms with E-state index in [1.165, 1.54) is 0 Å². The van der Waals surface area contributed by atoms with Gasteiger partial charge >= 0.3 is 0 Å². The highest BCUT2D eigenvalue weighted by Gasteiger charge is 2.08. The first-order valence-electron chi connectivity index (χ1n) is 3.56. The molecule has 10 heavy (non-hydrogen) atoms. The van der Waals surface area contributed by atoms with E-state index in [9.17, 15) is 5.11 Å². The molecule has 1 heteroatoms. The van der Waals surface area contributed by atoms with Crippen LogP contribution in [0.15, 0.2) is 24.8 Å². The molecule has 0 saturated carbocycles. The average Bonchev–Trinajstić information content (AvgIpc) is 1.87. The number of aliphatic hydroxyl groups excluding tert-OH is 1. The molecule has 0 rings (SSSR count). The highest BCUT2D eigenvalue weighted by atomic mass is 16.3. The van der Waals surface area contributed by atoms with Crippen LogP contribution in [0.1, 0.15) is 20.3 Å². The highest BCUT2D eigenvalue weighted by Crippen LogP contribution is 2.11. The Morgan fingerprint density at radius 2 is 2.10 bits per heavy atom. The lowest BCUT2D eigenvalue weighted by Gasteiger charge is -2.13. The van der Waals surface area contributed by atoms with Crippen LogP contribution in [0.2, 0.25) is 0 Å². The Kier molecular flexibility index (Phi) is 4.05. The third-order valence-electron chi connectivity index (χ3n) is 1.53. The first-order valence-corrected chi connectivity index (χ1v) is 3.56. The van der Waals surface area contributed by atoms with E-state index in [4.69, 9.17) is 0 Å². The Morgan fingerprint density at radius 1 is 1.60 bits per heavy atom. The number of hydrogen-bond acceptors (Lipinski definition) is 1. The Bertz CT molecular complexity index is 125. The van der Waals surface area contributed by atoms with Crippen molar-refractivity contribution in [2.24, 2.45) is 5.92 Å². The SMILES string of the molecule is C=CC(=C)C[C@@H](O)C(C)C. The minimum atomic E-state index is -0.273. The van der Waals surface area contributed by atoms with Crippen LogP contribution in [0, 0.1) is 5.92 Å². The van der Waals surface area contributed by atoms with Crippen LogP contribution in [0.4, 0.5) is 0 Å². The molecule has 0 fully saturated rings. The maximum absolute atomic E-state index is 9.32. The molecule has 0 aromatic heterocycles. The molecule has 1 nitrogen and oxygen atoms in total. The molecular weight excluding hydrogens is 124 g/mol. The molecule has 0 radical (unpaired) electrons. The van der Waals surface area contributed by atoms with Crippen molar-refractivity contribution in [3.63, 3.8) is 0 Å². The molecule has 0 aromatic rings. The van der Waals surface area contributed by atoms with Crippen molar-refractivity contribution in [3.05, 3.63) is 24.8 Å². The maximum atomic E-state index is 9.32. The van der Waals surface area contributed by atoms with Crippen LogP contribution >= 0.6 is 0 Å². The second-order valence-corrected chi connectivity index (χ2v) is 2.88. The van der Waals surface area contributed by atoms with E-state index in [2.05, 4.69) is 13.2 Å². The van der Waals surface area contributed by atoms with Crippen molar-refractivity contribution in [1.29, 1.82) is 0 Å². The molecule has 58 valence electrons. The second-order valence-electron chi connectivity index (χ2n) is 2.88. The van der Waals surface area contributed by atoms with Crippen molar-refractivity contribution < 1.29 is 5.11 Å². The molecular formula is C9H16O. The van der Waals surface area contributed by atoms with Crippen molar-refractivity contribution in [3.8, 4) is 0 Å². The largest absolute Gasteiger partial charge is 0.393 e. The first-order chi connectivity index (χ1) is 4.57. The fourth-order valence-electron chi connectivity index (χ4n) is 0.588. The lowest BCUT2D eigenvalue weighted by atomic mass is 10.0. The third kappa shape index (κ3) is 3.46. The highest BCUT2D eigenvalue weighted by molar-refractivity contribution is 5.11. The summed E-state index contributed by atoms with van der Waals surface area (Å²) in [5, 5.41) is 9.32. The van der Waals surface area contributed by atoms with Crippen LogP contribution in [0.5, 0.6) is 0 Å². The van der Waals surface area contributed by atoms with Gasteiger partial charge in [-0.25, -0.2) is 0 Å². The van der Waals surface area contributed by atoms with Gasteiger partial charge < -0.3 is 5.11 Å². The number of allylic oxidation sites excluding steroid dienone is 1. The van der Waals surface area contributed by atoms with Crippen molar-refractivity contribution >= 4 is 0 Å². The quantitative estimate of drug-likeness (QED) is 0.593. The summed E-state index contributed by atoms with van der Waals surface area (Å²) in [7, 11) is 0. The van der Waals surface area contributed by atoms with Gasteiger partial charge in [0.05, 0.1) is 6.10 Å². The molecule has 0 unspecified atom stereocenters. The van der Waals surface area contributed by atoms with Crippen LogP contribution in [-0.2, 0) is 0 Å². The fourth-order valence-corrected chi connectivity index (χ4v) is 0.588. The summed E-state index contributed by atoms with van der Waals surface area (Å²) >= 11 is 0. The zero-order chi connectivity index (χ0) is 8.15. The standard InChI is InChI=1S/C9H16O/c1-5-8(4)6-9(10)7(2)3/h5,7,9-10H,1,4,6H2,2-3H3/t9-/m1/s1. The van der Waals surface area contributed by atoms with Gasteiger partial charge in [0.2, 0.25) is 0 Å². The fraction of sp³-hybridized carbons (Fsp3) is 0.556. The molecule has 0 heterocycles. The summed E-state index contributed by atoms with van der Waals surface area (Å²) in [5.41, 5.74) is 0.904. The van der Waals surface area contributed by atoms with E-state index >= 15 is 0 Å². The summed E-state index contributed by atoms with van der Waals surface area (Å²) in [5.74, 6) is 0.302. The Hall–Kier alpha value is -0.560. The van der Waals surface area contributed by atoms with E-state index in [1.807, 2.05) is 13.8 Å². The van der Waals surface area contributed by atoms with Gasteiger partial charge in [-0.05, 0) is 12.3 Å². The maximum Gasteiger partial charge on any atom is 0.0603 e. The van der Waals surface area contributed by atoms with Gasteiger partial charge in [0.1, 0.15) is 0 Å². The Labute approximate surface area is 63.1 Å². The monoisotopic (exact) mass is 140 g/mol. The molecule has 0 aromatic carbocycles. The molecule has 0 aliphatic carbocycles. The molecule has 0 saturated heterocycles. The van der Waals surface area contributed by atoms with Gasteiger partial charge in [-0.15, -0.1) is 0 Å². The minimum Gasteiger partial charge on any atom is -0.393 e. The predicted octanol–water partition coefficient (Wildman–Crippen LogP) is 2.14. The third-order valence-corrected chi connectivity index (χ3v) is 1.53. The van der Waals surface area contributed by atoms with Crippen LogP contribution < -0.4 is 0 Å². The lowest BCUT2D eigenvalue weighted by molar-refractivity contribution is 0.126. The van der Waals surface area contributed by atoms with E-state index in [1.54, 1.807) is 6.08 Å². The summed E-state index contributed by atoms with van der Waals surface area (Å²) in [6.07, 6.45) is 2.05. The van der Waals surface area contributed by atoms with Gasteiger partial charge in [0, 0.05) is 0 Å². The normalized spacial score (nSPS) is 13.2. The Balaban J connectivity index is 3.67. The van der Waals surface area contributed by atoms with E-state index < -0.39 is 0 Å². The summed E-state index contributed by atoms with van der Waals surface area (Å²) < 4.78 is 0. The smallest absolute Gasteiger partial charge is 0.0603 e. The van der Waals surface area contributed by atoms with Crippen molar-refractivity contribution in [1.82, 2.24) is 0 Å². The lowest BCUT2D eigenvalue weighted by Crippen LogP contribution is -2.14. The van der Waals surface area contributed by atoms with Crippen LogP contribution in [0.25, 0.3) is 0 Å². The second kappa shape index (κ2) is 4.29. The summed E-state index contributed by atoms with van der Waals surface area (Å²) in [6.45, 7) is 11.3. The number of rotatable bonds is 4. The molecule has 0 bridgehead atoms. The average molecular weight is 140 g/mol. The molecule has 0 spiro atoms. The summed E-state index contributed by atoms with van der Waals surface area (Å²) in [6, 6.07) is 0. The van der Waals surface area contributed by atoms with Gasteiger partial charge in [-0.3, -0.25) is 0 Å². The molecule has 0 aliphatic rings. The summed E-state index contributed by atoms with van der Waals surface area (Å²) in [4.78, 5) is 0. The predicted molar refractivity (Wildman–Crippen MR) is 44.8 cm³/mol. The van der Waals surface area contributed by atoms with E-state index in [-0.39, 0.29) is 6.10 Å². The van der Waals surface area contributed by atoms with Crippen LogP contribution in [0.3, 0.4) is 0 Å². The van der Waals surface area contributed by atoms with Gasteiger partial charge in [0.25, 0.3) is 0 Å². The molecule has 1 atom stereocenters. The van der Waals surface area contributed by atoms with E-state index in [0.29, 0.717) is 12.3 Å². The zero-order valence-electron chi connectivity index (χ0n) is 6.80.